The van der Waals surface area contributed by atoms with E-state index in [1.807, 2.05) is 17.1 Å². The highest BCUT2D eigenvalue weighted by Gasteiger charge is 2.10. The predicted molar refractivity (Wildman–Crippen MR) is 138 cm³/mol. The van der Waals surface area contributed by atoms with Crippen LogP contribution in [0.4, 0.5) is 5.69 Å². The van der Waals surface area contributed by atoms with Crippen LogP contribution in [-0.2, 0) is 17.9 Å². The second-order valence-electron chi connectivity index (χ2n) is 8.94. The Hall–Kier alpha value is -3.26. The van der Waals surface area contributed by atoms with Crippen LogP contribution in [0, 0.1) is 6.92 Å². The zero-order valence-electron chi connectivity index (χ0n) is 20.8. The molecule has 3 rings (SSSR count). The van der Waals surface area contributed by atoms with Gasteiger partial charge in [-0.2, -0.15) is 0 Å². The lowest BCUT2D eigenvalue weighted by Crippen LogP contribution is -2.29. The summed E-state index contributed by atoms with van der Waals surface area (Å²) >= 11 is 0. The van der Waals surface area contributed by atoms with E-state index in [0.29, 0.717) is 18.2 Å². The van der Waals surface area contributed by atoms with E-state index in [9.17, 15) is 4.79 Å². The number of likely N-dealkylation sites (N-methyl/N-ethyl adjacent to an activating group) is 1. The van der Waals surface area contributed by atoms with E-state index >= 15 is 0 Å². The van der Waals surface area contributed by atoms with Crippen molar-refractivity contribution in [3.8, 4) is 0 Å². The number of hydrogen-bond acceptors (Lipinski definition) is 6. The van der Waals surface area contributed by atoms with Crippen LogP contribution in [0.25, 0.3) is 10.9 Å². The van der Waals surface area contributed by atoms with E-state index in [-0.39, 0.29) is 5.91 Å². The Balaban J connectivity index is 1.41. The van der Waals surface area contributed by atoms with Crippen LogP contribution in [0.3, 0.4) is 0 Å². The second-order valence-corrected chi connectivity index (χ2v) is 8.94. The van der Waals surface area contributed by atoms with Gasteiger partial charge in [-0.25, -0.2) is 0 Å². The molecule has 0 fully saturated rings. The molecule has 0 saturated heterocycles. The van der Waals surface area contributed by atoms with Gasteiger partial charge in [-0.15, -0.1) is 5.10 Å². The number of rotatable bonds is 13. The molecular formula is C26H37N7O. The Kier molecular flexibility index (Phi) is 9.16. The lowest BCUT2D eigenvalue weighted by Gasteiger charge is -2.22. The van der Waals surface area contributed by atoms with Gasteiger partial charge in [0.05, 0.1) is 24.8 Å². The second kappa shape index (κ2) is 12.3. The SMILES string of the molecule is C=C(C)C(=O)NCc1cn(CCN(CC)CCCC(C)Nc2ccnc3cc(C)ccc23)nn1. The van der Waals surface area contributed by atoms with Crippen molar-refractivity contribution >= 4 is 22.5 Å². The molecule has 3 aromatic rings. The molecule has 1 amide bonds. The smallest absolute Gasteiger partial charge is 0.246 e. The molecule has 182 valence electrons. The molecule has 2 N–H and O–H groups in total. The molecule has 0 radical (unpaired) electrons. The molecule has 0 aliphatic carbocycles. The first-order valence-corrected chi connectivity index (χ1v) is 12.0. The molecule has 1 atom stereocenters. The Morgan fingerprint density at radius 1 is 1.26 bits per heavy atom. The lowest BCUT2D eigenvalue weighted by atomic mass is 10.1. The monoisotopic (exact) mass is 463 g/mol. The molecule has 8 nitrogen and oxygen atoms in total. The van der Waals surface area contributed by atoms with Gasteiger partial charge in [0.2, 0.25) is 5.91 Å². The summed E-state index contributed by atoms with van der Waals surface area (Å²) in [5, 5.41) is 15.9. The van der Waals surface area contributed by atoms with Crippen molar-refractivity contribution in [1.29, 1.82) is 0 Å². The summed E-state index contributed by atoms with van der Waals surface area (Å²) in [5.74, 6) is -0.164. The summed E-state index contributed by atoms with van der Waals surface area (Å²) < 4.78 is 1.84. The molecule has 1 unspecified atom stereocenters. The first-order chi connectivity index (χ1) is 16.4. The van der Waals surface area contributed by atoms with Gasteiger partial charge in [-0.05, 0) is 64.4 Å². The third-order valence-corrected chi connectivity index (χ3v) is 5.91. The highest BCUT2D eigenvalue weighted by atomic mass is 16.1. The number of nitrogens with zero attached hydrogens (tertiary/aromatic N) is 5. The van der Waals surface area contributed by atoms with Crippen molar-refractivity contribution < 1.29 is 4.79 Å². The number of carbonyl (C=O) groups is 1. The van der Waals surface area contributed by atoms with Gasteiger partial charge < -0.3 is 15.5 Å². The third-order valence-electron chi connectivity index (χ3n) is 5.91. The summed E-state index contributed by atoms with van der Waals surface area (Å²) in [4.78, 5) is 18.5. The van der Waals surface area contributed by atoms with Gasteiger partial charge in [0.15, 0.2) is 0 Å². The van der Waals surface area contributed by atoms with Crippen LogP contribution in [-0.4, -0.2) is 56.5 Å². The van der Waals surface area contributed by atoms with Gasteiger partial charge in [0.1, 0.15) is 5.69 Å². The Morgan fingerprint density at radius 2 is 2.09 bits per heavy atom. The molecular weight excluding hydrogens is 426 g/mol. The number of benzene rings is 1. The van der Waals surface area contributed by atoms with Crippen LogP contribution in [0.15, 0.2) is 48.8 Å². The average Bonchev–Trinajstić information content (AvgIpc) is 3.27. The third kappa shape index (κ3) is 7.38. The standard InChI is InChI=1S/C26H37N7O/c1-6-32(14-15-33-18-22(30-31-33)17-28-26(34)19(2)3)13-7-8-21(5)29-24-11-12-27-25-16-20(4)9-10-23(24)25/h9-12,16,18,21H,2,6-8,13-15,17H2,1,3-5H3,(H,27,29)(H,28,34). The van der Waals surface area contributed by atoms with Crippen LogP contribution >= 0.6 is 0 Å². The summed E-state index contributed by atoms with van der Waals surface area (Å²) in [6.07, 6.45) is 5.96. The van der Waals surface area contributed by atoms with Gasteiger partial charge >= 0.3 is 0 Å². The van der Waals surface area contributed by atoms with Crippen molar-refractivity contribution in [2.24, 2.45) is 0 Å². The molecule has 1 aromatic carbocycles. The largest absolute Gasteiger partial charge is 0.382 e. The van der Waals surface area contributed by atoms with Gasteiger partial charge in [-0.1, -0.05) is 30.8 Å². The first kappa shape index (κ1) is 25.4. The predicted octanol–water partition coefficient (Wildman–Crippen LogP) is 3.93. The van der Waals surface area contributed by atoms with E-state index in [1.165, 1.54) is 10.9 Å². The zero-order valence-corrected chi connectivity index (χ0v) is 20.8. The number of fused-ring (bicyclic) bond motifs is 1. The lowest BCUT2D eigenvalue weighted by molar-refractivity contribution is -0.117. The van der Waals surface area contributed by atoms with E-state index in [4.69, 9.17) is 0 Å². The molecule has 0 aliphatic rings. The Bertz CT molecular complexity index is 1110. The fourth-order valence-electron chi connectivity index (χ4n) is 3.87. The van der Waals surface area contributed by atoms with Gasteiger partial charge in [-0.3, -0.25) is 14.5 Å². The molecule has 0 saturated carbocycles. The Morgan fingerprint density at radius 3 is 2.85 bits per heavy atom. The van der Waals surface area contributed by atoms with Crippen molar-refractivity contribution in [2.45, 2.75) is 59.7 Å². The molecule has 8 heteroatoms. The summed E-state index contributed by atoms with van der Waals surface area (Å²) in [6, 6.07) is 8.84. The summed E-state index contributed by atoms with van der Waals surface area (Å²) in [6.45, 7) is 15.9. The van der Waals surface area contributed by atoms with E-state index in [0.717, 1.165) is 55.9 Å². The minimum Gasteiger partial charge on any atom is -0.382 e. The Labute approximate surface area is 202 Å². The van der Waals surface area contributed by atoms with E-state index < -0.39 is 0 Å². The maximum atomic E-state index is 11.6. The average molecular weight is 464 g/mol. The fourth-order valence-corrected chi connectivity index (χ4v) is 3.87. The number of aromatic nitrogens is 4. The number of pyridine rings is 1. The van der Waals surface area contributed by atoms with Crippen molar-refractivity contribution in [2.75, 3.05) is 25.0 Å². The maximum absolute atomic E-state index is 11.6. The van der Waals surface area contributed by atoms with E-state index in [2.05, 4.69) is 82.4 Å². The number of amides is 1. The molecule has 34 heavy (non-hydrogen) atoms. The van der Waals surface area contributed by atoms with Gasteiger partial charge in [0.25, 0.3) is 0 Å². The van der Waals surface area contributed by atoms with Crippen LogP contribution < -0.4 is 10.6 Å². The maximum Gasteiger partial charge on any atom is 0.246 e. The zero-order chi connectivity index (χ0) is 24.5. The van der Waals surface area contributed by atoms with Crippen LogP contribution in [0.5, 0.6) is 0 Å². The van der Waals surface area contributed by atoms with E-state index in [1.54, 1.807) is 6.92 Å². The number of nitrogens with one attached hydrogen (secondary N) is 2. The number of anilines is 1. The van der Waals surface area contributed by atoms with Crippen LogP contribution in [0.1, 0.15) is 44.9 Å². The molecule has 0 bridgehead atoms. The fraction of sp³-hybridized carbons (Fsp3) is 0.462. The summed E-state index contributed by atoms with van der Waals surface area (Å²) in [5.41, 5.74) is 4.63. The molecule has 0 aliphatic heterocycles. The first-order valence-electron chi connectivity index (χ1n) is 12.0. The number of carbonyl (C=O) groups excluding carboxylic acids is 1. The normalized spacial score (nSPS) is 12.1. The highest BCUT2D eigenvalue weighted by molar-refractivity contribution is 5.92. The number of aryl methyl sites for hydroxylation is 1. The molecule has 0 spiro atoms. The topological polar surface area (TPSA) is 88.0 Å². The van der Waals surface area contributed by atoms with Crippen molar-refractivity contribution in [3.63, 3.8) is 0 Å². The molecule has 2 aromatic heterocycles. The quantitative estimate of drug-likeness (QED) is 0.374. The van der Waals surface area contributed by atoms with Gasteiger partial charge in [0, 0.05) is 35.4 Å². The number of hydrogen-bond donors (Lipinski definition) is 2. The molecule has 2 heterocycles. The highest BCUT2D eigenvalue weighted by Crippen LogP contribution is 2.23. The van der Waals surface area contributed by atoms with Crippen molar-refractivity contribution in [3.05, 3.63) is 60.1 Å². The minimum absolute atomic E-state index is 0.164. The summed E-state index contributed by atoms with van der Waals surface area (Å²) in [7, 11) is 0. The minimum atomic E-state index is -0.164. The van der Waals surface area contributed by atoms with Crippen LogP contribution in [0.2, 0.25) is 0 Å². The van der Waals surface area contributed by atoms with Crippen molar-refractivity contribution in [1.82, 2.24) is 30.2 Å².